The molecule has 1 aliphatic rings. The van der Waals surface area contributed by atoms with Crippen LogP contribution in [0.3, 0.4) is 0 Å². The van der Waals surface area contributed by atoms with Gasteiger partial charge in [-0.1, -0.05) is 0 Å². The third-order valence-electron chi connectivity index (χ3n) is 3.31. The van der Waals surface area contributed by atoms with Crippen LogP contribution in [-0.2, 0) is 17.1 Å². The molecule has 1 aliphatic heterocycles. The minimum Gasteiger partial charge on any atom is -0.393 e. The molecule has 8 heteroatoms. The van der Waals surface area contributed by atoms with Crippen molar-refractivity contribution in [2.75, 3.05) is 18.8 Å². The highest BCUT2D eigenvalue weighted by Crippen LogP contribution is 2.28. The van der Waals surface area contributed by atoms with E-state index in [1.807, 2.05) is 0 Å². The lowest BCUT2D eigenvalue weighted by Gasteiger charge is -2.16. The van der Waals surface area contributed by atoms with Crippen molar-refractivity contribution in [1.29, 1.82) is 0 Å². The van der Waals surface area contributed by atoms with Crippen LogP contribution in [0.2, 0.25) is 0 Å². The van der Waals surface area contributed by atoms with Gasteiger partial charge in [0.25, 0.3) is 0 Å². The molecule has 0 spiro atoms. The van der Waals surface area contributed by atoms with Crippen LogP contribution in [0.25, 0.3) is 0 Å². The summed E-state index contributed by atoms with van der Waals surface area (Å²) in [5.74, 6) is -0.00401. The molecule has 2 heterocycles. The fourth-order valence-corrected chi connectivity index (χ4v) is 3.79. The third-order valence-corrected chi connectivity index (χ3v) is 5.19. The zero-order chi connectivity index (χ0) is 13.5. The molecule has 2 rings (SSSR count). The number of hydrogen-bond donors (Lipinski definition) is 2. The van der Waals surface area contributed by atoms with Gasteiger partial charge in [-0.05, 0) is 19.3 Å². The van der Waals surface area contributed by atoms with E-state index in [1.165, 1.54) is 15.2 Å². The van der Waals surface area contributed by atoms with Crippen LogP contribution < -0.4 is 5.73 Å². The highest BCUT2D eigenvalue weighted by molar-refractivity contribution is 7.89. The summed E-state index contributed by atoms with van der Waals surface area (Å²) in [6, 6.07) is 0. The van der Waals surface area contributed by atoms with Gasteiger partial charge in [-0.2, -0.15) is 9.40 Å². The maximum atomic E-state index is 12.3. The predicted molar refractivity (Wildman–Crippen MR) is 66.2 cm³/mol. The van der Waals surface area contributed by atoms with Gasteiger partial charge >= 0.3 is 0 Å². The van der Waals surface area contributed by atoms with E-state index in [2.05, 4.69) is 5.10 Å². The minimum atomic E-state index is -3.60. The van der Waals surface area contributed by atoms with E-state index in [0.29, 0.717) is 19.5 Å². The maximum Gasteiger partial charge on any atom is 0.248 e. The Bertz CT molecular complexity index is 537. The van der Waals surface area contributed by atoms with Crippen LogP contribution in [0.5, 0.6) is 0 Å². The van der Waals surface area contributed by atoms with Gasteiger partial charge < -0.3 is 10.8 Å². The second-order valence-corrected chi connectivity index (χ2v) is 6.61. The molecule has 1 fully saturated rings. The fourth-order valence-electron chi connectivity index (χ4n) is 2.19. The molecule has 7 nitrogen and oxygen atoms in total. The van der Waals surface area contributed by atoms with Gasteiger partial charge in [0, 0.05) is 26.3 Å². The Hall–Kier alpha value is -1.12. The van der Waals surface area contributed by atoms with Crippen LogP contribution in [0.4, 0.5) is 5.82 Å². The zero-order valence-electron chi connectivity index (χ0n) is 10.4. The van der Waals surface area contributed by atoms with Crippen LogP contribution in [0.1, 0.15) is 13.3 Å². The van der Waals surface area contributed by atoms with E-state index in [9.17, 15) is 13.5 Å². The quantitative estimate of drug-likeness (QED) is 0.766. The van der Waals surface area contributed by atoms with Gasteiger partial charge in [0.15, 0.2) is 5.82 Å². The summed E-state index contributed by atoms with van der Waals surface area (Å²) in [6.45, 7) is 2.42. The third kappa shape index (κ3) is 2.23. The van der Waals surface area contributed by atoms with Gasteiger partial charge in [0.05, 0.1) is 6.10 Å². The molecule has 0 amide bonds. The SMILES string of the molecule is CC(O)C1CCN(S(=O)(=O)c2cn(C)nc2N)C1. The molecule has 1 aromatic heterocycles. The molecule has 2 unspecified atom stereocenters. The second kappa shape index (κ2) is 4.52. The van der Waals surface area contributed by atoms with Crippen molar-refractivity contribution in [3.63, 3.8) is 0 Å². The molecule has 1 aromatic rings. The molecule has 1 saturated heterocycles. The average Bonchev–Trinajstić information content (AvgIpc) is 2.85. The number of hydrogen-bond acceptors (Lipinski definition) is 5. The first-order valence-electron chi connectivity index (χ1n) is 5.79. The molecule has 2 atom stereocenters. The Kier molecular flexibility index (Phi) is 3.35. The molecule has 3 N–H and O–H groups in total. The summed E-state index contributed by atoms with van der Waals surface area (Å²) in [7, 11) is -1.98. The Morgan fingerprint density at radius 1 is 1.61 bits per heavy atom. The van der Waals surface area contributed by atoms with Gasteiger partial charge in [-0.25, -0.2) is 8.42 Å². The van der Waals surface area contributed by atoms with E-state index >= 15 is 0 Å². The van der Waals surface area contributed by atoms with Gasteiger partial charge in [0.1, 0.15) is 4.90 Å². The van der Waals surface area contributed by atoms with Crippen LogP contribution in [-0.4, -0.2) is 46.8 Å². The molecule has 0 bridgehead atoms. The van der Waals surface area contributed by atoms with E-state index in [0.717, 1.165) is 0 Å². The number of aryl methyl sites for hydroxylation is 1. The lowest BCUT2D eigenvalue weighted by Crippen LogP contribution is -2.30. The number of nitrogens with two attached hydrogens (primary N) is 1. The highest BCUT2D eigenvalue weighted by atomic mass is 32.2. The maximum absolute atomic E-state index is 12.3. The Labute approximate surface area is 106 Å². The lowest BCUT2D eigenvalue weighted by atomic mass is 10.0. The number of nitrogens with zero attached hydrogens (tertiary/aromatic N) is 3. The molecular weight excluding hydrogens is 256 g/mol. The van der Waals surface area contributed by atoms with Crippen LogP contribution >= 0.6 is 0 Å². The van der Waals surface area contributed by atoms with E-state index in [1.54, 1.807) is 14.0 Å². The molecule has 0 aromatic carbocycles. The van der Waals surface area contributed by atoms with E-state index in [4.69, 9.17) is 5.73 Å². The molecule has 0 saturated carbocycles. The van der Waals surface area contributed by atoms with Crippen molar-refractivity contribution in [2.45, 2.75) is 24.3 Å². The normalized spacial score (nSPS) is 23.4. The minimum absolute atomic E-state index is 0.0120. The smallest absolute Gasteiger partial charge is 0.248 e. The number of aromatic nitrogens is 2. The van der Waals surface area contributed by atoms with E-state index in [-0.39, 0.29) is 16.6 Å². The van der Waals surface area contributed by atoms with Crippen LogP contribution in [0.15, 0.2) is 11.1 Å². The average molecular weight is 274 g/mol. The molecule has 102 valence electrons. The van der Waals surface area contributed by atoms with Gasteiger partial charge in [-0.3, -0.25) is 4.68 Å². The van der Waals surface area contributed by atoms with Crippen molar-refractivity contribution < 1.29 is 13.5 Å². The summed E-state index contributed by atoms with van der Waals surface area (Å²) in [4.78, 5) is 0.0382. The first-order chi connectivity index (χ1) is 8.32. The summed E-state index contributed by atoms with van der Waals surface area (Å²) in [5.41, 5.74) is 5.60. The number of aliphatic hydroxyl groups is 1. The van der Waals surface area contributed by atoms with Crippen molar-refractivity contribution in [2.24, 2.45) is 13.0 Å². The summed E-state index contributed by atoms with van der Waals surface area (Å²) in [5, 5.41) is 13.3. The van der Waals surface area contributed by atoms with Crippen LogP contribution in [0, 0.1) is 5.92 Å². The second-order valence-electron chi connectivity index (χ2n) is 4.70. The number of aliphatic hydroxyl groups excluding tert-OH is 1. The van der Waals surface area contributed by atoms with E-state index < -0.39 is 16.1 Å². The largest absolute Gasteiger partial charge is 0.393 e. The number of sulfonamides is 1. The van der Waals surface area contributed by atoms with Crippen molar-refractivity contribution in [3.05, 3.63) is 6.20 Å². The predicted octanol–water partition coefficient (Wildman–Crippen LogP) is -0.606. The molecular formula is C10H18N4O3S. The van der Waals surface area contributed by atoms with Crippen molar-refractivity contribution >= 4 is 15.8 Å². The number of anilines is 1. The monoisotopic (exact) mass is 274 g/mol. The number of nitrogen functional groups attached to an aromatic ring is 1. The highest BCUT2D eigenvalue weighted by Gasteiger charge is 2.36. The summed E-state index contributed by atoms with van der Waals surface area (Å²) in [6.07, 6.45) is 1.56. The van der Waals surface area contributed by atoms with Crippen molar-refractivity contribution in [3.8, 4) is 0 Å². The zero-order valence-corrected chi connectivity index (χ0v) is 11.3. The first-order valence-corrected chi connectivity index (χ1v) is 7.23. The van der Waals surface area contributed by atoms with Gasteiger partial charge in [0.2, 0.25) is 10.0 Å². The number of rotatable bonds is 3. The van der Waals surface area contributed by atoms with Crippen molar-refractivity contribution in [1.82, 2.24) is 14.1 Å². The topological polar surface area (TPSA) is 101 Å². The first kappa shape index (κ1) is 13.3. The Morgan fingerprint density at radius 3 is 2.72 bits per heavy atom. The molecule has 0 aliphatic carbocycles. The lowest BCUT2D eigenvalue weighted by molar-refractivity contribution is 0.133. The Morgan fingerprint density at radius 2 is 2.28 bits per heavy atom. The Balaban J connectivity index is 2.26. The summed E-state index contributed by atoms with van der Waals surface area (Å²) < 4.78 is 27.4. The summed E-state index contributed by atoms with van der Waals surface area (Å²) >= 11 is 0. The van der Waals surface area contributed by atoms with Gasteiger partial charge in [-0.15, -0.1) is 0 Å². The fraction of sp³-hybridized carbons (Fsp3) is 0.700. The standard InChI is InChI=1S/C10H18N4O3S/c1-7(15)8-3-4-14(5-8)18(16,17)9-6-13(2)12-10(9)11/h6-8,15H,3-5H2,1-2H3,(H2,11,12). The molecule has 18 heavy (non-hydrogen) atoms. The molecule has 0 radical (unpaired) electrons.